The van der Waals surface area contributed by atoms with Gasteiger partial charge >= 0.3 is 0 Å². The molecule has 1 rings (SSSR count). The summed E-state index contributed by atoms with van der Waals surface area (Å²) in [6.07, 6.45) is 1.27. The van der Waals surface area contributed by atoms with E-state index in [2.05, 4.69) is 19.2 Å². The molecule has 1 fully saturated rings. The molecule has 0 bridgehead atoms. The maximum absolute atomic E-state index is 12.3. The second-order valence-electron chi connectivity index (χ2n) is 5.39. The lowest BCUT2D eigenvalue weighted by atomic mass is 10.0. The van der Waals surface area contributed by atoms with E-state index in [0.29, 0.717) is 38.5 Å². The third-order valence-corrected chi connectivity index (χ3v) is 3.30. The molecule has 0 spiro atoms. The van der Waals surface area contributed by atoms with Gasteiger partial charge in [-0.1, -0.05) is 27.7 Å². The first-order chi connectivity index (χ1) is 9.01. The highest BCUT2D eigenvalue weighted by molar-refractivity contribution is 5.96. The molecule has 0 aliphatic carbocycles. The zero-order valence-corrected chi connectivity index (χ0v) is 12.4. The average Bonchev–Trinajstić information content (AvgIpc) is 2.37. The third-order valence-electron chi connectivity index (χ3n) is 3.30. The van der Waals surface area contributed by atoms with E-state index in [1.165, 1.54) is 0 Å². The molecule has 0 radical (unpaired) electrons. The molecule has 1 N–H and O–H groups in total. The molecule has 0 aromatic carbocycles. The van der Waals surface area contributed by atoms with Crippen LogP contribution in [0.1, 0.15) is 40.5 Å². The first kappa shape index (κ1) is 16.0. The van der Waals surface area contributed by atoms with Crippen LogP contribution in [-0.4, -0.2) is 48.6 Å². The summed E-state index contributed by atoms with van der Waals surface area (Å²) in [6, 6.07) is -0.724. The molecular weight excluding hydrogens is 244 g/mol. The van der Waals surface area contributed by atoms with Crippen molar-refractivity contribution >= 4 is 11.8 Å². The summed E-state index contributed by atoms with van der Waals surface area (Å²) in [6.45, 7) is 9.66. The molecule has 2 unspecified atom stereocenters. The van der Waals surface area contributed by atoms with Crippen molar-refractivity contribution in [2.24, 2.45) is 5.92 Å². The average molecular weight is 270 g/mol. The molecule has 1 heterocycles. The van der Waals surface area contributed by atoms with Crippen molar-refractivity contribution < 1.29 is 14.3 Å². The van der Waals surface area contributed by atoms with Crippen LogP contribution in [0.4, 0.5) is 0 Å². The van der Waals surface area contributed by atoms with E-state index < -0.39 is 0 Å². The van der Waals surface area contributed by atoms with Crippen LogP contribution in [0.25, 0.3) is 0 Å². The minimum atomic E-state index is -0.375. The molecule has 0 aromatic heterocycles. The van der Waals surface area contributed by atoms with Gasteiger partial charge in [-0.25, -0.2) is 0 Å². The minimum absolute atomic E-state index is 0.0158. The maximum Gasteiger partial charge on any atom is 0.245 e. The fraction of sp³-hybridized carbons (Fsp3) is 0.857. The SMILES string of the molecule is CCC1NC(=O)C(CC)N(CCOCC(C)C)C1=O. The van der Waals surface area contributed by atoms with Crippen molar-refractivity contribution in [2.75, 3.05) is 19.8 Å². The number of nitrogens with one attached hydrogen (secondary N) is 1. The van der Waals surface area contributed by atoms with Crippen LogP contribution < -0.4 is 5.32 Å². The second kappa shape index (κ2) is 7.48. The summed E-state index contributed by atoms with van der Waals surface area (Å²) >= 11 is 0. The van der Waals surface area contributed by atoms with Crippen molar-refractivity contribution in [3.05, 3.63) is 0 Å². The number of hydrogen-bond acceptors (Lipinski definition) is 3. The molecule has 2 amide bonds. The Hall–Kier alpha value is -1.10. The second-order valence-corrected chi connectivity index (χ2v) is 5.39. The van der Waals surface area contributed by atoms with Gasteiger partial charge < -0.3 is 15.0 Å². The molecule has 5 heteroatoms. The summed E-state index contributed by atoms with van der Waals surface area (Å²) in [5.74, 6) is 0.450. The van der Waals surface area contributed by atoms with E-state index in [0.717, 1.165) is 0 Å². The van der Waals surface area contributed by atoms with Gasteiger partial charge in [-0.05, 0) is 18.8 Å². The zero-order valence-electron chi connectivity index (χ0n) is 12.4. The van der Waals surface area contributed by atoms with Crippen LogP contribution in [0.5, 0.6) is 0 Å². The van der Waals surface area contributed by atoms with Gasteiger partial charge in [0.1, 0.15) is 12.1 Å². The Morgan fingerprint density at radius 1 is 1.26 bits per heavy atom. The fourth-order valence-corrected chi connectivity index (χ4v) is 2.26. The first-order valence-corrected chi connectivity index (χ1v) is 7.19. The Balaban J connectivity index is 2.58. The monoisotopic (exact) mass is 270 g/mol. The third kappa shape index (κ3) is 4.20. The highest BCUT2D eigenvalue weighted by atomic mass is 16.5. The number of rotatable bonds is 7. The van der Waals surface area contributed by atoms with Gasteiger partial charge in [-0.3, -0.25) is 9.59 Å². The lowest BCUT2D eigenvalue weighted by Gasteiger charge is -2.38. The van der Waals surface area contributed by atoms with Gasteiger partial charge in [0.05, 0.1) is 6.61 Å². The van der Waals surface area contributed by atoms with E-state index in [9.17, 15) is 9.59 Å². The summed E-state index contributed by atoms with van der Waals surface area (Å²) in [5.41, 5.74) is 0. The van der Waals surface area contributed by atoms with Gasteiger partial charge in [0, 0.05) is 13.2 Å². The van der Waals surface area contributed by atoms with Gasteiger partial charge in [0.25, 0.3) is 0 Å². The number of nitrogens with zero attached hydrogens (tertiary/aromatic N) is 1. The molecule has 1 aliphatic rings. The molecule has 5 nitrogen and oxygen atoms in total. The first-order valence-electron chi connectivity index (χ1n) is 7.19. The number of carbonyl (C=O) groups excluding carboxylic acids is 2. The topological polar surface area (TPSA) is 58.6 Å². The summed E-state index contributed by atoms with van der Waals surface area (Å²) in [4.78, 5) is 25.9. The Kier molecular flexibility index (Phi) is 6.28. The van der Waals surface area contributed by atoms with Crippen molar-refractivity contribution in [3.63, 3.8) is 0 Å². The number of ether oxygens (including phenoxy) is 1. The maximum atomic E-state index is 12.3. The zero-order chi connectivity index (χ0) is 14.4. The van der Waals surface area contributed by atoms with Gasteiger partial charge in [0.2, 0.25) is 11.8 Å². The van der Waals surface area contributed by atoms with Crippen molar-refractivity contribution in [1.29, 1.82) is 0 Å². The number of carbonyl (C=O) groups is 2. The quantitative estimate of drug-likeness (QED) is 0.707. The van der Waals surface area contributed by atoms with Crippen molar-refractivity contribution in [2.45, 2.75) is 52.6 Å². The van der Waals surface area contributed by atoms with Gasteiger partial charge in [0.15, 0.2) is 0 Å². The molecule has 0 saturated carbocycles. The molecular formula is C14H26N2O3. The lowest BCUT2D eigenvalue weighted by molar-refractivity contribution is -0.150. The van der Waals surface area contributed by atoms with E-state index in [1.54, 1.807) is 4.90 Å². The Bertz CT molecular complexity index is 318. The van der Waals surface area contributed by atoms with Crippen LogP contribution in [0.2, 0.25) is 0 Å². The Morgan fingerprint density at radius 2 is 1.95 bits per heavy atom. The standard InChI is InChI=1S/C14H26N2O3/c1-5-11-14(18)16(7-8-19-9-10(3)4)12(6-2)13(17)15-11/h10-12H,5-9H2,1-4H3,(H,15,17). The Morgan fingerprint density at radius 3 is 2.47 bits per heavy atom. The van der Waals surface area contributed by atoms with Crippen molar-refractivity contribution in [1.82, 2.24) is 10.2 Å². The summed E-state index contributed by atoms with van der Waals surface area (Å²) in [7, 11) is 0. The molecule has 2 atom stereocenters. The van der Waals surface area contributed by atoms with Crippen LogP contribution in [0, 0.1) is 5.92 Å². The fourth-order valence-electron chi connectivity index (χ4n) is 2.26. The predicted octanol–water partition coefficient (Wildman–Crippen LogP) is 1.17. The van der Waals surface area contributed by atoms with Gasteiger partial charge in [-0.15, -0.1) is 0 Å². The lowest BCUT2D eigenvalue weighted by Crippen LogP contribution is -2.63. The number of amides is 2. The van der Waals surface area contributed by atoms with Crippen LogP contribution in [0.15, 0.2) is 0 Å². The normalized spacial score (nSPS) is 23.9. The molecule has 110 valence electrons. The van der Waals surface area contributed by atoms with Crippen LogP contribution in [-0.2, 0) is 14.3 Å². The number of piperazine rings is 1. The summed E-state index contributed by atoms with van der Waals surface area (Å²) in [5, 5.41) is 2.78. The van der Waals surface area contributed by atoms with Crippen LogP contribution in [0.3, 0.4) is 0 Å². The van der Waals surface area contributed by atoms with Crippen molar-refractivity contribution in [3.8, 4) is 0 Å². The van der Waals surface area contributed by atoms with Crippen LogP contribution >= 0.6 is 0 Å². The van der Waals surface area contributed by atoms with E-state index in [4.69, 9.17) is 4.74 Å². The molecule has 0 aromatic rings. The smallest absolute Gasteiger partial charge is 0.245 e. The van der Waals surface area contributed by atoms with Gasteiger partial charge in [-0.2, -0.15) is 0 Å². The van der Waals surface area contributed by atoms with E-state index in [-0.39, 0.29) is 23.9 Å². The largest absolute Gasteiger partial charge is 0.379 e. The highest BCUT2D eigenvalue weighted by Crippen LogP contribution is 2.14. The number of hydrogen-bond donors (Lipinski definition) is 1. The van der Waals surface area contributed by atoms with E-state index in [1.807, 2.05) is 13.8 Å². The molecule has 1 saturated heterocycles. The Labute approximate surface area is 115 Å². The molecule has 19 heavy (non-hydrogen) atoms. The highest BCUT2D eigenvalue weighted by Gasteiger charge is 2.38. The molecule has 1 aliphatic heterocycles. The van der Waals surface area contributed by atoms with E-state index >= 15 is 0 Å². The minimum Gasteiger partial charge on any atom is -0.379 e. The predicted molar refractivity (Wildman–Crippen MR) is 73.7 cm³/mol. The summed E-state index contributed by atoms with van der Waals surface area (Å²) < 4.78 is 5.52.